The smallest absolute Gasteiger partial charge is 0.203 e. The summed E-state index contributed by atoms with van der Waals surface area (Å²) in [6.45, 7) is 1.68. The first kappa shape index (κ1) is 7.69. The summed E-state index contributed by atoms with van der Waals surface area (Å²) in [7, 11) is 0. The van der Waals surface area contributed by atoms with Crippen molar-refractivity contribution < 1.29 is 0 Å². The number of rotatable bonds is 0. The van der Waals surface area contributed by atoms with Gasteiger partial charge in [0.25, 0.3) is 0 Å². The average Bonchev–Trinajstić information content (AvgIpc) is 1.79. The molecule has 1 aliphatic heterocycles. The van der Waals surface area contributed by atoms with E-state index in [9.17, 15) is 0 Å². The van der Waals surface area contributed by atoms with Crippen molar-refractivity contribution in [1.82, 2.24) is 5.32 Å². The van der Waals surface area contributed by atoms with Gasteiger partial charge in [0.1, 0.15) is 5.16 Å². The molecular formula is C5H7Cl2N3. The summed E-state index contributed by atoms with van der Waals surface area (Å²) < 4.78 is 0. The quantitative estimate of drug-likeness (QED) is 0.430. The summed E-state index contributed by atoms with van der Waals surface area (Å²) in [5.41, 5.74) is 5.78. The second-order valence-electron chi connectivity index (χ2n) is 2.11. The van der Waals surface area contributed by atoms with Crippen LogP contribution < -0.4 is 11.1 Å². The summed E-state index contributed by atoms with van der Waals surface area (Å²) in [4.78, 5) is 3.86. The molecule has 56 valence electrons. The fraction of sp³-hybridized carbons (Fsp3) is 0.400. The lowest BCUT2D eigenvalue weighted by molar-refractivity contribution is 0.582. The van der Waals surface area contributed by atoms with Gasteiger partial charge in [0.05, 0.1) is 11.9 Å². The van der Waals surface area contributed by atoms with Crippen LogP contribution in [-0.4, -0.2) is 11.3 Å². The number of aliphatic imine (C=N–C) groups is 1. The fourth-order valence-corrected chi connectivity index (χ4v) is 0.977. The van der Waals surface area contributed by atoms with Gasteiger partial charge < -0.3 is 11.1 Å². The minimum absolute atomic E-state index is 0.340. The Bertz CT molecular complexity index is 207. The molecule has 1 unspecified atom stereocenters. The van der Waals surface area contributed by atoms with Gasteiger partial charge in [0, 0.05) is 0 Å². The van der Waals surface area contributed by atoms with E-state index in [4.69, 9.17) is 28.9 Å². The normalized spacial score (nSPS) is 32.3. The molecule has 5 heteroatoms. The van der Waals surface area contributed by atoms with Crippen molar-refractivity contribution in [3.05, 3.63) is 10.9 Å². The number of nitrogens with zero attached hydrogens (tertiary/aromatic N) is 1. The maximum atomic E-state index is 5.75. The molecule has 0 saturated carbocycles. The highest BCUT2D eigenvalue weighted by molar-refractivity contribution is 6.32. The number of hydrogen-bond acceptors (Lipinski definition) is 3. The number of allylic oxidation sites excluding steroid dienone is 1. The third kappa shape index (κ3) is 1.55. The van der Waals surface area contributed by atoms with E-state index in [2.05, 4.69) is 10.3 Å². The number of nitrogens with two attached hydrogens (primary N) is 1. The van der Waals surface area contributed by atoms with Crippen LogP contribution in [0.2, 0.25) is 0 Å². The van der Waals surface area contributed by atoms with E-state index in [0.717, 1.165) is 0 Å². The van der Waals surface area contributed by atoms with Crippen LogP contribution in [-0.2, 0) is 0 Å². The first-order valence-electron chi connectivity index (χ1n) is 2.69. The largest absolute Gasteiger partial charge is 0.395 e. The van der Waals surface area contributed by atoms with Crippen molar-refractivity contribution in [3.8, 4) is 0 Å². The van der Waals surface area contributed by atoms with Crippen LogP contribution in [0, 0.1) is 0 Å². The molecule has 0 fully saturated rings. The molecule has 0 aromatic carbocycles. The van der Waals surface area contributed by atoms with Crippen molar-refractivity contribution in [2.45, 2.75) is 12.0 Å². The lowest BCUT2D eigenvalue weighted by Crippen LogP contribution is -2.37. The molecule has 10 heavy (non-hydrogen) atoms. The van der Waals surface area contributed by atoms with E-state index < -0.39 is 5.12 Å². The van der Waals surface area contributed by atoms with Gasteiger partial charge in [-0.2, -0.15) is 0 Å². The Hall–Kier alpha value is -0.410. The Kier molecular flexibility index (Phi) is 1.79. The van der Waals surface area contributed by atoms with Crippen molar-refractivity contribution >= 4 is 29.4 Å². The van der Waals surface area contributed by atoms with E-state index in [1.54, 1.807) is 6.92 Å². The Morgan fingerprint density at radius 1 is 1.80 bits per heavy atom. The zero-order valence-electron chi connectivity index (χ0n) is 5.36. The number of nitrogens with one attached hydrogen (secondary N) is 1. The average molecular weight is 180 g/mol. The molecule has 1 aliphatic rings. The third-order valence-corrected chi connectivity index (χ3v) is 1.54. The lowest BCUT2D eigenvalue weighted by atomic mass is 10.4. The molecule has 1 heterocycles. The predicted octanol–water partition coefficient (Wildman–Crippen LogP) is 0.940. The molecule has 0 aromatic rings. The topological polar surface area (TPSA) is 50.4 Å². The van der Waals surface area contributed by atoms with Gasteiger partial charge in [-0.1, -0.05) is 23.2 Å². The molecule has 0 amide bonds. The minimum atomic E-state index is -0.847. The summed E-state index contributed by atoms with van der Waals surface area (Å²) >= 11 is 11.4. The van der Waals surface area contributed by atoms with Crippen LogP contribution >= 0.6 is 23.2 Å². The summed E-state index contributed by atoms with van der Waals surface area (Å²) in [5, 5.41) is 2.19. The van der Waals surface area contributed by atoms with E-state index in [0.29, 0.717) is 10.9 Å². The van der Waals surface area contributed by atoms with E-state index in [1.807, 2.05) is 0 Å². The van der Waals surface area contributed by atoms with Crippen LogP contribution in [0.25, 0.3) is 0 Å². The van der Waals surface area contributed by atoms with Gasteiger partial charge in [-0.25, -0.2) is 4.99 Å². The van der Waals surface area contributed by atoms with Crippen molar-refractivity contribution in [3.63, 3.8) is 0 Å². The highest BCUT2D eigenvalue weighted by atomic mass is 35.5. The van der Waals surface area contributed by atoms with Gasteiger partial charge in [0.2, 0.25) is 5.12 Å². The van der Waals surface area contributed by atoms with Crippen LogP contribution in [0.3, 0.4) is 0 Å². The second-order valence-corrected chi connectivity index (χ2v) is 3.22. The van der Waals surface area contributed by atoms with Crippen LogP contribution in [0.15, 0.2) is 15.8 Å². The lowest BCUT2D eigenvalue weighted by Gasteiger charge is -2.23. The molecule has 0 aliphatic carbocycles. The zero-order valence-corrected chi connectivity index (χ0v) is 6.87. The predicted molar refractivity (Wildman–Crippen MR) is 43.0 cm³/mol. The molecule has 1 atom stereocenters. The van der Waals surface area contributed by atoms with E-state index in [-0.39, 0.29) is 0 Å². The maximum absolute atomic E-state index is 5.75. The van der Waals surface area contributed by atoms with E-state index >= 15 is 0 Å². The molecule has 0 saturated heterocycles. The van der Waals surface area contributed by atoms with Gasteiger partial charge in [-0.15, -0.1) is 0 Å². The Labute approximate surface area is 68.9 Å². The summed E-state index contributed by atoms with van der Waals surface area (Å²) in [5.74, 6) is 0. The summed E-state index contributed by atoms with van der Waals surface area (Å²) in [6, 6.07) is 0. The molecule has 0 bridgehead atoms. The Balaban J connectivity index is 2.85. The fourth-order valence-electron chi connectivity index (χ4n) is 0.552. The Morgan fingerprint density at radius 2 is 2.40 bits per heavy atom. The minimum Gasteiger partial charge on any atom is -0.395 e. The molecule has 1 rings (SSSR count). The van der Waals surface area contributed by atoms with Gasteiger partial charge in [-0.05, 0) is 6.92 Å². The van der Waals surface area contributed by atoms with Crippen LogP contribution in [0.4, 0.5) is 0 Å². The SMILES string of the molecule is CC1(Cl)N=CC(N)=C(Cl)N1. The van der Waals surface area contributed by atoms with Gasteiger partial charge >= 0.3 is 0 Å². The number of alkyl halides is 1. The highest BCUT2D eigenvalue weighted by Gasteiger charge is 2.22. The van der Waals surface area contributed by atoms with Crippen molar-refractivity contribution in [2.75, 3.05) is 0 Å². The zero-order chi connectivity index (χ0) is 7.78. The summed E-state index contributed by atoms with van der Waals surface area (Å²) in [6.07, 6.45) is 1.44. The molecule has 0 spiro atoms. The standard InChI is InChI=1S/C5H7Cl2N3/c1-5(7)9-2-3(8)4(6)10-5/h2,10H,8H2,1H3. The highest BCUT2D eigenvalue weighted by Crippen LogP contribution is 2.19. The molecular weight excluding hydrogens is 173 g/mol. The van der Waals surface area contributed by atoms with Crippen LogP contribution in [0.5, 0.6) is 0 Å². The second kappa shape index (κ2) is 2.32. The Morgan fingerprint density at radius 3 is 2.80 bits per heavy atom. The van der Waals surface area contributed by atoms with Gasteiger partial charge in [0.15, 0.2) is 0 Å². The van der Waals surface area contributed by atoms with E-state index in [1.165, 1.54) is 6.21 Å². The molecule has 0 aromatic heterocycles. The molecule has 3 N–H and O–H groups in total. The van der Waals surface area contributed by atoms with Crippen molar-refractivity contribution in [1.29, 1.82) is 0 Å². The van der Waals surface area contributed by atoms with Crippen molar-refractivity contribution in [2.24, 2.45) is 10.7 Å². The van der Waals surface area contributed by atoms with Gasteiger partial charge in [-0.3, -0.25) is 0 Å². The monoisotopic (exact) mass is 179 g/mol. The number of hydrogen-bond donors (Lipinski definition) is 2. The first-order valence-corrected chi connectivity index (χ1v) is 3.44. The third-order valence-electron chi connectivity index (χ3n) is 1.04. The molecule has 3 nitrogen and oxygen atoms in total. The number of halogens is 2. The van der Waals surface area contributed by atoms with Crippen LogP contribution in [0.1, 0.15) is 6.92 Å². The first-order chi connectivity index (χ1) is 4.51. The molecule has 0 radical (unpaired) electrons. The maximum Gasteiger partial charge on any atom is 0.203 e.